The van der Waals surface area contributed by atoms with Crippen molar-refractivity contribution in [1.82, 2.24) is 10.2 Å². The van der Waals surface area contributed by atoms with E-state index >= 15 is 0 Å². The zero-order valence-electron chi connectivity index (χ0n) is 11.5. The van der Waals surface area contributed by atoms with Crippen LogP contribution in [0.15, 0.2) is 0 Å². The van der Waals surface area contributed by atoms with Gasteiger partial charge >= 0.3 is 0 Å². The molecule has 0 aromatic rings. The summed E-state index contributed by atoms with van der Waals surface area (Å²) in [7, 11) is 0. The SMILES string of the molecule is CCC(CC)(CN1CC(C)NCC1C)SC. The highest BCUT2D eigenvalue weighted by atomic mass is 32.2. The minimum absolute atomic E-state index is 0.464. The van der Waals surface area contributed by atoms with Crippen LogP contribution < -0.4 is 5.32 Å². The van der Waals surface area contributed by atoms with E-state index in [9.17, 15) is 0 Å². The number of thioether (sulfide) groups is 1. The molecule has 16 heavy (non-hydrogen) atoms. The Bertz CT molecular complexity index is 196. The van der Waals surface area contributed by atoms with Crippen molar-refractivity contribution < 1.29 is 0 Å². The molecule has 0 spiro atoms. The van der Waals surface area contributed by atoms with Gasteiger partial charge in [-0.3, -0.25) is 4.90 Å². The summed E-state index contributed by atoms with van der Waals surface area (Å²) in [5, 5.41) is 3.55. The molecule has 0 aromatic carbocycles. The second-order valence-corrected chi connectivity index (χ2v) is 6.46. The summed E-state index contributed by atoms with van der Waals surface area (Å²) < 4.78 is 0.464. The molecule has 1 heterocycles. The quantitative estimate of drug-likeness (QED) is 0.800. The molecule has 2 nitrogen and oxygen atoms in total. The summed E-state index contributed by atoms with van der Waals surface area (Å²) in [6, 6.07) is 1.32. The van der Waals surface area contributed by atoms with E-state index in [-0.39, 0.29) is 0 Å². The van der Waals surface area contributed by atoms with E-state index in [0.29, 0.717) is 16.8 Å². The number of piperazine rings is 1. The van der Waals surface area contributed by atoms with Crippen molar-refractivity contribution in [3.8, 4) is 0 Å². The molecule has 2 unspecified atom stereocenters. The molecule has 0 radical (unpaired) electrons. The normalized spacial score (nSPS) is 28.3. The molecule has 1 aliphatic heterocycles. The minimum atomic E-state index is 0.464. The summed E-state index contributed by atoms with van der Waals surface area (Å²) in [6.07, 6.45) is 4.81. The molecule has 0 saturated carbocycles. The Morgan fingerprint density at radius 2 is 1.94 bits per heavy atom. The van der Waals surface area contributed by atoms with Crippen molar-refractivity contribution in [1.29, 1.82) is 0 Å². The van der Waals surface area contributed by atoms with Crippen molar-refractivity contribution in [3.63, 3.8) is 0 Å². The van der Waals surface area contributed by atoms with E-state index in [4.69, 9.17) is 0 Å². The van der Waals surface area contributed by atoms with Crippen LogP contribution in [0.4, 0.5) is 0 Å². The van der Waals surface area contributed by atoms with Gasteiger partial charge in [-0.1, -0.05) is 13.8 Å². The minimum Gasteiger partial charge on any atom is -0.311 e. The fourth-order valence-electron chi connectivity index (χ4n) is 2.51. The summed E-state index contributed by atoms with van der Waals surface area (Å²) in [6.45, 7) is 12.9. The van der Waals surface area contributed by atoms with Gasteiger partial charge in [-0.25, -0.2) is 0 Å². The zero-order valence-corrected chi connectivity index (χ0v) is 12.4. The highest BCUT2D eigenvalue weighted by Gasteiger charge is 2.31. The first-order valence-electron chi connectivity index (χ1n) is 6.59. The van der Waals surface area contributed by atoms with E-state index in [0.717, 1.165) is 6.54 Å². The van der Waals surface area contributed by atoms with E-state index in [1.807, 2.05) is 0 Å². The maximum atomic E-state index is 3.55. The van der Waals surface area contributed by atoms with Crippen molar-refractivity contribution in [2.45, 2.75) is 57.4 Å². The lowest BCUT2D eigenvalue weighted by molar-refractivity contribution is 0.130. The topological polar surface area (TPSA) is 15.3 Å². The molecule has 1 rings (SSSR count). The lowest BCUT2D eigenvalue weighted by Crippen LogP contribution is -2.57. The molecule has 0 aromatic heterocycles. The summed E-state index contributed by atoms with van der Waals surface area (Å²) >= 11 is 2.05. The van der Waals surface area contributed by atoms with Gasteiger partial charge in [-0.05, 0) is 32.9 Å². The second kappa shape index (κ2) is 6.27. The first-order chi connectivity index (χ1) is 7.56. The van der Waals surface area contributed by atoms with Crippen LogP contribution in [-0.4, -0.2) is 47.6 Å². The maximum absolute atomic E-state index is 3.55. The highest BCUT2D eigenvalue weighted by molar-refractivity contribution is 8.00. The Morgan fingerprint density at radius 1 is 1.31 bits per heavy atom. The Hall–Kier alpha value is 0.270. The Kier molecular flexibility index (Phi) is 5.62. The zero-order chi connectivity index (χ0) is 12.2. The Morgan fingerprint density at radius 3 is 2.44 bits per heavy atom. The standard InChI is InChI=1S/C13H28N2S/c1-6-13(7-2,16-5)10-15-9-11(3)14-8-12(15)4/h11-12,14H,6-10H2,1-5H3. The number of nitrogens with zero attached hydrogens (tertiary/aromatic N) is 1. The molecule has 0 aliphatic carbocycles. The van der Waals surface area contributed by atoms with Gasteiger partial charge in [0.1, 0.15) is 0 Å². The van der Waals surface area contributed by atoms with Gasteiger partial charge in [0.05, 0.1) is 0 Å². The Labute approximate surface area is 106 Å². The lowest BCUT2D eigenvalue weighted by atomic mass is 9.99. The molecule has 1 saturated heterocycles. The lowest BCUT2D eigenvalue weighted by Gasteiger charge is -2.43. The average Bonchev–Trinajstić information content (AvgIpc) is 2.31. The molecule has 3 heteroatoms. The number of hydrogen-bond acceptors (Lipinski definition) is 3. The molecule has 96 valence electrons. The van der Waals surface area contributed by atoms with Gasteiger partial charge in [0.2, 0.25) is 0 Å². The van der Waals surface area contributed by atoms with Crippen molar-refractivity contribution in [2.75, 3.05) is 25.9 Å². The first-order valence-corrected chi connectivity index (χ1v) is 7.82. The average molecular weight is 244 g/mol. The summed E-state index contributed by atoms with van der Waals surface area (Å²) in [5.74, 6) is 0. The fraction of sp³-hybridized carbons (Fsp3) is 1.00. The van der Waals surface area contributed by atoms with Crippen LogP contribution in [0.5, 0.6) is 0 Å². The third kappa shape index (κ3) is 3.38. The van der Waals surface area contributed by atoms with Crippen LogP contribution in [0.1, 0.15) is 40.5 Å². The summed E-state index contributed by atoms with van der Waals surface area (Å²) in [4.78, 5) is 2.67. The summed E-state index contributed by atoms with van der Waals surface area (Å²) in [5.41, 5.74) is 0. The molecule has 0 amide bonds. The fourth-order valence-corrected chi connectivity index (χ4v) is 3.39. The largest absolute Gasteiger partial charge is 0.311 e. The van der Waals surface area contributed by atoms with E-state index in [2.05, 4.69) is 55.9 Å². The van der Waals surface area contributed by atoms with Gasteiger partial charge in [0.15, 0.2) is 0 Å². The number of nitrogens with one attached hydrogen (secondary N) is 1. The van der Waals surface area contributed by atoms with Crippen LogP contribution in [0.2, 0.25) is 0 Å². The smallest absolute Gasteiger partial charge is 0.0279 e. The van der Waals surface area contributed by atoms with E-state index in [1.54, 1.807) is 0 Å². The predicted octanol–water partition coefficient (Wildman–Crippen LogP) is 2.59. The van der Waals surface area contributed by atoms with Gasteiger partial charge < -0.3 is 5.32 Å². The third-order valence-corrected chi connectivity index (χ3v) is 5.68. The Balaban J connectivity index is 2.62. The molecular weight excluding hydrogens is 216 g/mol. The first kappa shape index (κ1) is 14.3. The molecule has 0 bridgehead atoms. The molecule has 1 fully saturated rings. The van der Waals surface area contributed by atoms with Crippen molar-refractivity contribution >= 4 is 11.8 Å². The van der Waals surface area contributed by atoms with Gasteiger partial charge in [-0.2, -0.15) is 11.8 Å². The molecular formula is C13H28N2S. The second-order valence-electron chi connectivity index (χ2n) is 5.18. The maximum Gasteiger partial charge on any atom is 0.0279 e. The van der Waals surface area contributed by atoms with E-state index in [1.165, 1.54) is 25.9 Å². The highest BCUT2D eigenvalue weighted by Crippen LogP contribution is 2.32. The van der Waals surface area contributed by atoms with Crippen LogP contribution in [0.25, 0.3) is 0 Å². The predicted molar refractivity (Wildman–Crippen MR) is 75.3 cm³/mol. The monoisotopic (exact) mass is 244 g/mol. The molecule has 1 N–H and O–H groups in total. The molecule has 1 aliphatic rings. The van der Waals surface area contributed by atoms with Crippen LogP contribution >= 0.6 is 11.8 Å². The number of rotatable bonds is 5. The van der Waals surface area contributed by atoms with Gasteiger partial charge in [0, 0.05) is 36.5 Å². The third-order valence-electron chi connectivity index (χ3n) is 4.11. The van der Waals surface area contributed by atoms with E-state index < -0.39 is 0 Å². The van der Waals surface area contributed by atoms with Crippen LogP contribution in [0, 0.1) is 0 Å². The van der Waals surface area contributed by atoms with Gasteiger partial charge in [0.25, 0.3) is 0 Å². The van der Waals surface area contributed by atoms with Crippen molar-refractivity contribution in [2.24, 2.45) is 0 Å². The van der Waals surface area contributed by atoms with Crippen LogP contribution in [-0.2, 0) is 0 Å². The number of hydrogen-bond donors (Lipinski definition) is 1. The van der Waals surface area contributed by atoms with Gasteiger partial charge in [-0.15, -0.1) is 0 Å². The molecule has 2 atom stereocenters. The van der Waals surface area contributed by atoms with Crippen LogP contribution in [0.3, 0.4) is 0 Å². The van der Waals surface area contributed by atoms with Crippen molar-refractivity contribution in [3.05, 3.63) is 0 Å².